The van der Waals surface area contributed by atoms with Crippen LogP contribution in [0.1, 0.15) is 43.2 Å². The number of nitrogens with zero attached hydrogens (tertiary/aromatic N) is 1. The first-order valence-electron chi connectivity index (χ1n) is 8.65. The molecule has 124 valence electrons. The van der Waals surface area contributed by atoms with Gasteiger partial charge in [0.15, 0.2) is 0 Å². The van der Waals surface area contributed by atoms with Crippen molar-refractivity contribution in [1.82, 2.24) is 10.2 Å². The van der Waals surface area contributed by atoms with Crippen LogP contribution in [0.15, 0.2) is 35.9 Å². The zero-order valence-electron chi connectivity index (χ0n) is 13.6. The molecule has 0 radical (unpaired) electrons. The number of likely N-dealkylation sites (tertiary alicyclic amines) is 1. The van der Waals surface area contributed by atoms with E-state index in [0.717, 1.165) is 44.3 Å². The molecular weight excluding hydrogens is 288 g/mol. The molecular formula is C19H26N2O2. The van der Waals surface area contributed by atoms with Gasteiger partial charge in [0.2, 0.25) is 5.91 Å². The lowest BCUT2D eigenvalue weighted by atomic mass is 9.92. The predicted octanol–water partition coefficient (Wildman–Crippen LogP) is 2.37. The Morgan fingerprint density at radius 3 is 2.74 bits per heavy atom. The van der Waals surface area contributed by atoms with Gasteiger partial charge in [-0.15, -0.1) is 0 Å². The van der Waals surface area contributed by atoms with Gasteiger partial charge in [0, 0.05) is 25.2 Å². The van der Waals surface area contributed by atoms with Gasteiger partial charge < -0.3 is 10.4 Å². The van der Waals surface area contributed by atoms with E-state index in [-0.39, 0.29) is 18.6 Å². The van der Waals surface area contributed by atoms with Crippen LogP contribution in [0.5, 0.6) is 0 Å². The van der Waals surface area contributed by atoms with E-state index in [4.69, 9.17) is 0 Å². The van der Waals surface area contributed by atoms with Crippen molar-refractivity contribution < 1.29 is 9.90 Å². The smallest absolute Gasteiger partial charge is 0.244 e. The van der Waals surface area contributed by atoms with E-state index in [1.165, 1.54) is 17.6 Å². The zero-order chi connectivity index (χ0) is 16.1. The maximum atomic E-state index is 11.9. The molecule has 0 unspecified atom stereocenters. The average molecular weight is 314 g/mol. The standard InChI is InChI=1S/C19H26N2O2/c22-14-18-9-4-10-21(18)13-17-8-2-1-7-16(17)12-20-19(23)11-15-5-3-6-15/h1-2,7-8,11,18,22H,3-6,9-10,12-14H2,(H,20,23)/t18-/m0/s1. The van der Waals surface area contributed by atoms with Gasteiger partial charge in [0.25, 0.3) is 0 Å². The lowest BCUT2D eigenvalue weighted by molar-refractivity contribution is -0.116. The molecule has 1 aliphatic carbocycles. The molecule has 0 aromatic heterocycles. The SMILES string of the molecule is O=C(C=C1CCC1)NCc1ccccc1CN1CCC[C@H]1CO. The quantitative estimate of drug-likeness (QED) is 0.793. The van der Waals surface area contributed by atoms with Crippen molar-refractivity contribution in [1.29, 1.82) is 0 Å². The summed E-state index contributed by atoms with van der Waals surface area (Å²) in [5.74, 6) is 0.0175. The molecule has 1 amide bonds. The van der Waals surface area contributed by atoms with E-state index in [1.54, 1.807) is 6.08 Å². The Balaban J connectivity index is 1.60. The van der Waals surface area contributed by atoms with Crippen LogP contribution in [0.25, 0.3) is 0 Å². The number of aliphatic hydroxyl groups excluding tert-OH is 1. The van der Waals surface area contributed by atoms with E-state index in [0.29, 0.717) is 6.54 Å². The van der Waals surface area contributed by atoms with E-state index in [9.17, 15) is 9.90 Å². The molecule has 2 fully saturated rings. The van der Waals surface area contributed by atoms with Crippen LogP contribution >= 0.6 is 0 Å². The molecule has 0 bridgehead atoms. The number of carbonyl (C=O) groups excluding carboxylic acids is 1. The lowest BCUT2D eigenvalue weighted by Gasteiger charge is -2.24. The molecule has 2 N–H and O–H groups in total. The summed E-state index contributed by atoms with van der Waals surface area (Å²) in [6, 6.07) is 8.54. The number of aliphatic hydroxyl groups is 1. The number of rotatable bonds is 6. The van der Waals surface area contributed by atoms with Gasteiger partial charge in [-0.25, -0.2) is 0 Å². The molecule has 1 saturated carbocycles. The third-order valence-corrected chi connectivity index (χ3v) is 4.99. The van der Waals surface area contributed by atoms with Crippen molar-refractivity contribution in [2.45, 2.75) is 51.2 Å². The summed E-state index contributed by atoms with van der Waals surface area (Å²) in [6.45, 7) is 2.68. The minimum Gasteiger partial charge on any atom is -0.395 e. The minimum absolute atomic E-state index is 0.0175. The van der Waals surface area contributed by atoms with Crippen molar-refractivity contribution >= 4 is 5.91 Å². The third kappa shape index (κ3) is 4.21. The van der Waals surface area contributed by atoms with Crippen LogP contribution in [0, 0.1) is 0 Å². The monoisotopic (exact) mass is 314 g/mol. The lowest BCUT2D eigenvalue weighted by Crippen LogP contribution is -2.32. The number of hydrogen-bond donors (Lipinski definition) is 2. The second-order valence-electron chi connectivity index (χ2n) is 6.59. The van der Waals surface area contributed by atoms with E-state index >= 15 is 0 Å². The largest absolute Gasteiger partial charge is 0.395 e. The van der Waals surface area contributed by atoms with E-state index < -0.39 is 0 Å². The summed E-state index contributed by atoms with van der Waals surface area (Å²) >= 11 is 0. The fourth-order valence-corrected chi connectivity index (χ4v) is 3.36. The maximum absolute atomic E-state index is 11.9. The first kappa shape index (κ1) is 16.2. The molecule has 4 nitrogen and oxygen atoms in total. The first-order chi connectivity index (χ1) is 11.3. The molecule has 1 heterocycles. The number of allylic oxidation sites excluding steroid dienone is 1. The Labute approximate surface area is 138 Å². The Hall–Kier alpha value is -1.65. The number of nitrogens with one attached hydrogen (secondary N) is 1. The summed E-state index contributed by atoms with van der Waals surface area (Å²) in [5, 5.41) is 12.5. The molecule has 2 aliphatic rings. The molecule has 3 rings (SSSR count). The third-order valence-electron chi connectivity index (χ3n) is 4.99. The molecule has 1 aromatic carbocycles. The highest BCUT2D eigenvalue weighted by Crippen LogP contribution is 2.25. The summed E-state index contributed by atoms with van der Waals surface area (Å²) in [7, 11) is 0. The Kier molecular flexibility index (Phi) is 5.47. The molecule has 1 atom stereocenters. The highest BCUT2D eigenvalue weighted by Gasteiger charge is 2.24. The fourth-order valence-electron chi connectivity index (χ4n) is 3.36. The zero-order valence-corrected chi connectivity index (χ0v) is 13.6. The van der Waals surface area contributed by atoms with Crippen LogP contribution in [0.4, 0.5) is 0 Å². The minimum atomic E-state index is 0.0175. The molecule has 0 spiro atoms. The molecule has 1 aromatic rings. The second kappa shape index (κ2) is 7.75. The Bertz CT molecular complexity index is 576. The topological polar surface area (TPSA) is 52.6 Å². The number of benzene rings is 1. The second-order valence-corrected chi connectivity index (χ2v) is 6.59. The molecule has 1 saturated heterocycles. The summed E-state index contributed by atoms with van der Waals surface area (Å²) < 4.78 is 0. The van der Waals surface area contributed by atoms with Gasteiger partial charge in [0.1, 0.15) is 0 Å². The normalized spacial score (nSPS) is 21.1. The Morgan fingerprint density at radius 2 is 2.04 bits per heavy atom. The highest BCUT2D eigenvalue weighted by atomic mass is 16.3. The summed E-state index contributed by atoms with van der Waals surface area (Å²) in [6.07, 6.45) is 7.34. The van der Waals surface area contributed by atoms with Gasteiger partial charge >= 0.3 is 0 Å². The van der Waals surface area contributed by atoms with Gasteiger partial charge in [-0.05, 0) is 49.8 Å². The van der Waals surface area contributed by atoms with E-state index in [1.807, 2.05) is 12.1 Å². The fraction of sp³-hybridized carbons (Fsp3) is 0.526. The van der Waals surface area contributed by atoms with Crippen molar-refractivity contribution in [3.05, 3.63) is 47.0 Å². The predicted molar refractivity (Wildman–Crippen MR) is 90.7 cm³/mol. The summed E-state index contributed by atoms with van der Waals surface area (Å²) in [5.41, 5.74) is 3.67. The van der Waals surface area contributed by atoms with Crippen LogP contribution in [-0.2, 0) is 17.9 Å². The molecule has 1 aliphatic heterocycles. The maximum Gasteiger partial charge on any atom is 0.244 e. The van der Waals surface area contributed by atoms with Gasteiger partial charge in [-0.1, -0.05) is 29.8 Å². The first-order valence-corrected chi connectivity index (χ1v) is 8.65. The highest BCUT2D eigenvalue weighted by molar-refractivity contribution is 5.88. The van der Waals surface area contributed by atoms with Crippen LogP contribution in [-0.4, -0.2) is 35.1 Å². The summed E-state index contributed by atoms with van der Waals surface area (Å²) in [4.78, 5) is 14.3. The number of amides is 1. The molecule has 4 heteroatoms. The molecule has 23 heavy (non-hydrogen) atoms. The van der Waals surface area contributed by atoms with Crippen LogP contribution < -0.4 is 5.32 Å². The number of carbonyl (C=O) groups is 1. The van der Waals surface area contributed by atoms with Crippen molar-refractivity contribution in [2.24, 2.45) is 0 Å². The average Bonchev–Trinajstić information content (AvgIpc) is 2.97. The van der Waals surface area contributed by atoms with Crippen molar-refractivity contribution in [3.63, 3.8) is 0 Å². The Morgan fingerprint density at radius 1 is 1.26 bits per heavy atom. The van der Waals surface area contributed by atoms with Gasteiger partial charge in [-0.3, -0.25) is 9.69 Å². The van der Waals surface area contributed by atoms with Crippen molar-refractivity contribution in [3.8, 4) is 0 Å². The van der Waals surface area contributed by atoms with Crippen LogP contribution in [0.2, 0.25) is 0 Å². The van der Waals surface area contributed by atoms with Gasteiger partial charge in [-0.2, -0.15) is 0 Å². The number of hydrogen-bond acceptors (Lipinski definition) is 3. The van der Waals surface area contributed by atoms with Crippen molar-refractivity contribution in [2.75, 3.05) is 13.2 Å². The van der Waals surface area contributed by atoms with Crippen LogP contribution in [0.3, 0.4) is 0 Å². The van der Waals surface area contributed by atoms with Gasteiger partial charge in [0.05, 0.1) is 6.61 Å². The van der Waals surface area contributed by atoms with E-state index in [2.05, 4.69) is 22.3 Å².